The van der Waals surface area contributed by atoms with Gasteiger partial charge in [0.25, 0.3) is 0 Å². The number of fused-ring (bicyclic) bond motifs is 1. The van der Waals surface area contributed by atoms with Gasteiger partial charge < -0.3 is 9.73 Å². The second-order valence-electron chi connectivity index (χ2n) is 5.20. The molecule has 2 nitrogen and oxygen atoms in total. The number of aryl methyl sites for hydroxylation is 1. The zero-order chi connectivity index (χ0) is 15.2. The zero-order valence-corrected chi connectivity index (χ0v) is 12.9. The Morgan fingerprint density at radius 2 is 2.19 bits per heavy atom. The van der Waals surface area contributed by atoms with Crippen molar-refractivity contribution in [3.8, 4) is 11.8 Å². The molecule has 0 aliphatic rings. The van der Waals surface area contributed by atoms with Crippen LogP contribution in [0.3, 0.4) is 0 Å². The zero-order valence-electron chi connectivity index (χ0n) is 12.9. The Morgan fingerprint density at radius 3 is 2.90 bits per heavy atom. The largest absolute Gasteiger partial charge is 0.459 e. The fourth-order valence-electron chi connectivity index (χ4n) is 2.53. The predicted octanol–water partition coefficient (Wildman–Crippen LogP) is 4.72. The maximum atomic E-state index is 13.4. The lowest BCUT2D eigenvalue weighted by atomic mass is 10.0. The van der Waals surface area contributed by atoms with Gasteiger partial charge in [-0.2, -0.15) is 0 Å². The molecular weight excluding hydrogens is 265 g/mol. The van der Waals surface area contributed by atoms with Crippen LogP contribution in [0.4, 0.5) is 4.39 Å². The Hall–Kier alpha value is -1.79. The van der Waals surface area contributed by atoms with Gasteiger partial charge in [-0.25, -0.2) is 4.39 Å². The molecule has 1 aromatic heterocycles. The van der Waals surface area contributed by atoms with E-state index in [1.54, 1.807) is 12.1 Å². The summed E-state index contributed by atoms with van der Waals surface area (Å²) in [5, 5.41) is 4.36. The molecule has 2 aromatic rings. The summed E-state index contributed by atoms with van der Waals surface area (Å²) in [7, 11) is 0. The van der Waals surface area contributed by atoms with Crippen molar-refractivity contribution in [1.82, 2.24) is 5.32 Å². The van der Waals surface area contributed by atoms with Gasteiger partial charge in [-0.15, -0.1) is 11.8 Å². The topological polar surface area (TPSA) is 25.2 Å². The molecule has 2 rings (SSSR count). The summed E-state index contributed by atoms with van der Waals surface area (Å²) in [4.78, 5) is 0. The molecule has 1 heterocycles. The van der Waals surface area contributed by atoms with Crippen molar-refractivity contribution >= 4 is 11.0 Å². The predicted molar refractivity (Wildman–Crippen MR) is 84.6 cm³/mol. The van der Waals surface area contributed by atoms with Crippen LogP contribution in [0, 0.1) is 24.6 Å². The first-order valence-electron chi connectivity index (χ1n) is 7.49. The van der Waals surface area contributed by atoms with Crippen molar-refractivity contribution in [2.24, 2.45) is 0 Å². The van der Waals surface area contributed by atoms with E-state index in [1.807, 2.05) is 13.8 Å². The lowest BCUT2D eigenvalue weighted by Crippen LogP contribution is -2.22. The van der Waals surface area contributed by atoms with Gasteiger partial charge in [0.2, 0.25) is 0 Å². The number of nitrogens with one attached hydrogen (secondary N) is 1. The first-order chi connectivity index (χ1) is 10.2. The molecule has 0 radical (unpaired) electrons. The molecule has 112 valence electrons. The molecule has 1 aromatic carbocycles. The first-order valence-corrected chi connectivity index (χ1v) is 7.49. The number of halogens is 1. The highest BCUT2D eigenvalue weighted by molar-refractivity contribution is 5.82. The van der Waals surface area contributed by atoms with Crippen LogP contribution in [0.25, 0.3) is 11.0 Å². The average molecular weight is 287 g/mol. The lowest BCUT2D eigenvalue weighted by molar-refractivity contribution is 0.411. The molecule has 0 aliphatic heterocycles. The van der Waals surface area contributed by atoms with E-state index in [2.05, 4.69) is 24.1 Å². The molecule has 1 atom stereocenters. The Morgan fingerprint density at radius 1 is 1.38 bits per heavy atom. The quantitative estimate of drug-likeness (QED) is 0.777. The van der Waals surface area contributed by atoms with Crippen molar-refractivity contribution in [1.29, 1.82) is 0 Å². The van der Waals surface area contributed by atoms with Crippen LogP contribution in [-0.4, -0.2) is 6.54 Å². The van der Waals surface area contributed by atoms with Gasteiger partial charge >= 0.3 is 0 Å². The van der Waals surface area contributed by atoms with Crippen molar-refractivity contribution in [2.75, 3.05) is 6.54 Å². The van der Waals surface area contributed by atoms with Gasteiger partial charge in [-0.1, -0.05) is 6.92 Å². The fourth-order valence-corrected chi connectivity index (χ4v) is 2.53. The van der Waals surface area contributed by atoms with E-state index in [1.165, 1.54) is 6.07 Å². The molecule has 21 heavy (non-hydrogen) atoms. The van der Waals surface area contributed by atoms with E-state index in [0.29, 0.717) is 0 Å². The molecule has 1 N–H and O–H groups in total. The van der Waals surface area contributed by atoms with Gasteiger partial charge in [-0.05, 0) is 51.4 Å². The fraction of sp³-hybridized carbons (Fsp3) is 0.444. The normalized spacial score (nSPS) is 12.2. The van der Waals surface area contributed by atoms with Crippen molar-refractivity contribution in [3.05, 3.63) is 35.3 Å². The van der Waals surface area contributed by atoms with Crippen LogP contribution in [0.5, 0.6) is 0 Å². The molecule has 0 aliphatic carbocycles. The van der Waals surface area contributed by atoms with Crippen molar-refractivity contribution in [2.45, 2.75) is 46.1 Å². The van der Waals surface area contributed by atoms with E-state index < -0.39 is 0 Å². The second kappa shape index (κ2) is 7.28. The minimum atomic E-state index is -0.229. The summed E-state index contributed by atoms with van der Waals surface area (Å²) in [5.41, 5.74) is 1.76. The van der Waals surface area contributed by atoms with Gasteiger partial charge in [0.05, 0.1) is 6.04 Å². The summed E-state index contributed by atoms with van der Waals surface area (Å²) in [6.45, 7) is 6.91. The van der Waals surface area contributed by atoms with E-state index in [-0.39, 0.29) is 11.9 Å². The maximum absolute atomic E-state index is 13.4. The van der Waals surface area contributed by atoms with Crippen molar-refractivity contribution < 1.29 is 8.81 Å². The van der Waals surface area contributed by atoms with Gasteiger partial charge in [0.15, 0.2) is 0 Å². The van der Waals surface area contributed by atoms with Crippen LogP contribution in [-0.2, 0) is 0 Å². The summed E-state index contributed by atoms with van der Waals surface area (Å²) >= 11 is 0. The molecular formula is C18H22FNO. The Labute approximate surface area is 125 Å². The summed E-state index contributed by atoms with van der Waals surface area (Å²) < 4.78 is 19.4. The molecule has 3 heteroatoms. The minimum Gasteiger partial charge on any atom is -0.459 e. The molecule has 0 saturated heterocycles. The minimum absolute atomic E-state index is 0.126. The third-order valence-corrected chi connectivity index (χ3v) is 3.63. The third-order valence-electron chi connectivity index (χ3n) is 3.63. The van der Waals surface area contributed by atoms with Crippen LogP contribution in [0.15, 0.2) is 22.6 Å². The SMILES string of the molecule is CC#CCCC(NCCC)c1oc2ccc(F)cc2c1C. The highest BCUT2D eigenvalue weighted by Gasteiger charge is 2.19. The Balaban J connectivity index is 2.32. The maximum Gasteiger partial charge on any atom is 0.134 e. The average Bonchev–Trinajstić information content (AvgIpc) is 2.80. The molecule has 1 unspecified atom stereocenters. The van der Waals surface area contributed by atoms with Crippen LogP contribution in [0.1, 0.15) is 50.5 Å². The second-order valence-corrected chi connectivity index (χ2v) is 5.20. The number of benzene rings is 1. The van der Waals surface area contributed by atoms with E-state index in [0.717, 1.165) is 48.1 Å². The Kier molecular flexibility index (Phi) is 5.41. The summed E-state index contributed by atoms with van der Waals surface area (Å²) in [6.07, 6.45) is 2.77. The number of hydrogen-bond acceptors (Lipinski definition) is 2. The third kappa shape index (κ3) is 3.65. The van der Waals surface area contributed by atoms with Gasteiger partial charge in [-0.3, -0.25) is 0 Å². The number of hydrogen-bond donors (Lipinski definition) is 1. The first kappa shape index (κ1) is 15.6. The summed E-state index contributed by atoms with van der Waals surface area (Å²) in [5.74, 6) is 6.69. The summed E-state index contributed by atoms with van der Waals surface area (Å²) in [6, 6.07) is 4.80. The molecule has 0 bridgehead atoms. The number of furan rings is 1. The molecule has 0 fully saturated rings. The molecule has 0 amide bonds. The van der Waals surface area contributed by atoms with E-state index in [9.17, 15) is 4.39 Å². The van der Waals surface area contributed by atoms with Crippen molar-refractivity contribution in [3.63, 3.8) is 0 Å². The molecule has 0 spiro atoms. The van der Waals surface area contributed by atoms with Crippen LogP contribution < -0.4 is 5.32 Å². The highest BCUT2D eigenvalue weighted by Crippen LogP contribution is 2.31. The van der Waals surface area contributed by atoms with Crippen LogP contribution >= 0.6 is 0 Å². The smallest absolute Gasteiger partial charge is 0.134 e. The highest BCUT2D eigenvalue weighted by atomic mass is 19.1. The van der Waals surface area contributed by atoms with Gasteiger partial charge in [0, 0.05) is 17.4 Å². The van der Waals surface area contributed by atoms with Gasteiger partial charge in [0.1, 0.15) is 17.2 Å². The standard InChI is InChI=1S/C18H22FNO/c1-4-6-7-8-16(20-11-5-2)18-13(3)15-12-14(19)9-10-17(15)21-18/h9-10,12,16,20H,5,7-8,11H2,1-3H3. The Bertz CT molecular complexity index is 663. The van der Waals surface area contributed by atoms with Crippen LogP contribution in [0.2, 0.25) is 0 Å². The molecule has 0 saturated carbocycles. The lowest BCUT2D eigenvalue weighted by Gasteiger charge is -2.16. The number of rotatable bonds is 6. The van der Waals surface area contributed by atoms with E-state index in [4.69, 9.17) is 4.42 Å². The van der Waals surface area contributed by atoms with E-state index >= 15 is 0 Å². The monoisotopic (exact) mass is 287 g/mol.